The third-order valence-corrected chi connectivity index (χ3v) is 5.31. The molecule has 6 nitrogen and oxygen atoms in total. The van der Waals surface area contributed by atoms with E-state index >= 15 is 0 Å². The Morgan fingerprint density at radius 1 is 1.19 bits per heavy atom. The summed E-state index contributed by atoms with van der Waals surface area (Å²) in [7, 11) is 0. The second kappa shape index (κ2) is 10.2. The lowest BCUT2D eigenvalue weighted by molar-refractivity contribution is -0.146. The maximum absolute atomic E-state index is 12.3. The van der Waals surface area contributed by atoms with Crippen LogP contribution >= 0.6 is 22.7 Å². The van der Waals surface area contributed by atoms with E-state index in [4.69, 9.17) is 9.47 Å². The van der Waals surface area contributed by atoms with Gasteiger partial charge in [-0.1, -0.05) is 19.9 Å². The van der Waals surface area contributed by atoms with E-state index in [1.165, 1.54) is 22.7 Å². The molecule has 0 aliphatic heterocycles. The first kappa shape index (κ1) is 21.1. The number of thiophene rings is 2. The molecule has 0 radical (unpaired) electrons. The topological polar surface area (TPSA) is 81.7 Å². The van der Waals surface area contributed by atoms with Crippen molar-refractivity contribution in [3.05, 3.63) is 38.9 Å². The Labute approximate surface area is 166 Å². The van der Waals surface area contributed by atoms with Crippen molar-refractivity contribution < 1.29 is 23.9 Å². The molecule has 1 N–H and O–H groups in total. The molecular weight excluding hydrogens is 386 g/mol. The Hall–Kier alpha value is -2.19. The number of esters is 2. The van der Waals surface area contributed by atoms with Crippen LogP contribution in [0.1, 0.15) is 41.6 Å². The molecule has 0 aliphatic carbocycles. The number of hydrogen-bond acceptors (Lipinski definition) is 7. The minimum Gasteiger partial charge on any atom is -0.462 e. The highest BCUT2D eigenvalue weighted by atomic mass is 32.1. The van der Waals surface area contributed by atoms with Crippen LogP contribution < -0.4 is 5.32 Å². The van der Waals surface area contributed by atoms with Gasteiger partial charge in [0.25, 0.3) is 5.91 Å². The van der Waals surface area contributed by atoms with Gasteiger partial charge in [0, 0.05) is 4.88 Å². The van der Waals surface area contributed by atoms with Crippen molar-refractivity contribution in [3.8, 4) is 0 Å². The Balaban J connectivity index is 1.98. The van der Waals surface area contributed by atoms with Crippen LogP contribution in [0.25, 0.3) is 0 Å². The molecule has 1 amide bonds. The Morgan fingerprint density at radius 2 is 1.96 bits per heavy atom. The highest BCUT2D eigenvalue weighted by Gasteiger charge is 2.22. The number of carbonyl (C=O) groups is 3. The Morgan fingerprint density at radius 3 is 2.59 bits per heavy atom. The summed E-state index contributed by atoms with van der Waals surface area (Å²) in [5, 5.41) is 6.81. The number of carbonyl (C=O) groups excluding carboxylic acids is 3. The van der Waals surface area contributed by atoms with E-state index in [9.17, 15) is 14.4 Å². The summed E-state index contributed by atoms with van der Waals surface area (Å²) in [6.45, 7) is 5.70. The third-order valence-electron chi connectivity index (χ3n) is 3.49. The zero-order valence-electron chi connectivity index (χ0n) is 15.6. The van der Waals surface area contributed by atoms with Gasteiger partial charge in [0.1, 0.15) is 5.00 Å². The third kappa shape index (κ3) is 6.48. The molecule has 27 heavy (non-hydrogen) atoms. The molecule has 0 aliphatic rings. The summed E-state index contributed by atoms with van der Waals surface area (Å²) in [5.41, 5.74) is 1.23. The molecule has 0 saturated heterocycles. The number of anilines is 1. The number of ether oxygens (including phenoxy) is 2. The number of hydrogen-bond donors (Lipinski definition) is 1. The van der Waals surface area contributed by atoms with Crippen LogP contribution in [0.2, 0.25) is 0 Å². The molecule has 2 aromatic rings. The summed E-state index contributed by atoms with van der Waals surface area (Å²) in [6.07, 6.45) is 0.840. The second-order valence-corrected chi connectivity index (χ2v) is 8.16. The van der Waals surface area contributed by atoms with Crippen molar-refractivity contribution in [3.63, 3.8) is 0 Å². The van der Waals surface area contributed by atoms with Crippen molar-refractivity contribution in [2.24, 2.45) is 5.92 Å². The number of rotatable bonds is 9. The molecule has 0 saturated carbocycles. The molecule has 2 heterocycles. The normalized spacial score (nSPS) is 10.7. The minimum atomic E-state index is -0.488. The van der Waals surface area contributed by atoms with Crippen molar-refractivity contribution in [1.29, 1.82) is 0 Å². The first-order chi connectivity index (χ1) is 12.9. The summed E-state index contributed by atoms with van der Waals surface area (Å²) in [6, 6.07) is 3.68. The van der Waals surface area contributed by atoms with Gasteiger partial charge in [0.2, 0.25) is 0 Å². The molecular formula is C19H23NO5S2. The standard InChI is InChI=1S/C19H23NO5S2/c1-4-24-19(23)17-13(8-12(2)3)11-27-18(17)20-15(21)10-25-16(22)9-14-6-5-7-26-14/h5-7,11-12H,4,8-10H2,1-3H3,(H,20,21). The fourth-order valence-corrected chi connectivity index (χ4v) is 4.09. The molecule has 0 aromatic carbocycles. The summed E-state index contributed by atoms with van der Waals surface area (Å²) in [5.74, 6) is -1.06. The SMILES string of the molecule is CCOC(=O)c1c(CC(C)C)csc1NC(=O)COC(=O)Cc1cccs1. The predicted octanol–water partition coefficient (Wildman–Crippen LogP) is 3.91. The van der Waals surface area contributed by atoms with Gasteiger partial charge in [-0.15, -0.1) is 22.7 Å². The average molecular weight is 410 g/mol. The van der Waals surface area contributed by atoms with Gasteiger partial charge in [-0.05, 0) is 41.7 Å². The summed E-state index contributed by atoms with van der Waals surface area (Å²) < 4.78 is 10.1. The van der Waals surface area contributed by atoms with Gasteiger partial charge in [-0.25, -0.2) is 4.79 Å². The van der Waals surface area contributed by atoms with E-state index in [1.807, 2.05) is 22.9 Å². The van der Waals surface area contributed by atoms with Crippen molar-refractivity contribution in [1.82, 2.24) is 0 Å². The lowest BCUT2D eigenvalue weighted by Crippen LogP contribution is -2.22. The second-order valence-electron chi connectivity index (χ2n) is 6.25. The maximum Gasteiger partial charge on any atom is 0.341 e. The lowest BCUT2D eigenvalue weighted by atomic mass is 10.0. The van der Waals surface area contributed by atoms with E-state index in [0.717, 1.165) is 10.4 Å². The molecule has 0 unspecified atom stereocenters. The van der Waals surface area contributed by atoms with Gasteiger partial charge in [-0.2, -0.15) is 0 Å². The van der Waals surface area contributed by atoms with Crippen LogP contribution in [0.5, 0.6) is 0 Å². The van der Waals surface area contributed by atoms with Crippen molar-refractivity contribution in [2.45, 2.75) is 33.6 Å². The highest BCUT2D eigenvalue weighted by Crippen LogP contribution is 2.30. The van der Waals surface area contributed by atoms with Gasteiger partial charge < -0.3 is 14.8 Å². The van der Waals surface area contributed by atoms with E-state index in [-0.39, 0.29) is 13.0 Å². The summed E-state index contributed by atoms with van der Waals surface area (Å²) >= 11 is 2.72. The molecule has 0 fully saturated rings. The van der Waals surface area contributed by atoms with Gasteiger partial charge in [0.15, 0.2) is 6.61 Å². The zero-order chi connectivity index (χ0) is 19.8. The molecule has 0 atom stereocenters. The van der Waals surface area contributed by atoms with Gasteiger partial charge >= 0.3 is 11.9 Å². The smallest absolute Gasteiger partial charge is 0.341 e. The van der Waals surface area contributed by atoms with Crippen LogP contribution in [-0.4, -0.2) is 31.1 Å². The lowest BCUT2D eigenvalue weighted by Gasteiger charge is -2.10. The minimum absolute atomic E-state index is 0.135. The van der Waals surface area contributed by atoms with Crippen LogP contribution in [0.3, 0.4) is 0 Å². The van der Waals surface area contributed by atoms with Gasteiger partial charge in [-0.3, -0.25) is 9.59 Å². The fraction of sp³-hybridized carbons (Fsp3) is 0.421. The van der Waals surface area contributed by atoms with Gasteiger partial charge in [0.05, 0.1) is 18.6 Å². The number of amides is 1. The molecule has 8 heteroatoms. The predicted molar refractivity (Wildman–Crippen MR) is 106 cm³/mol. The monoisotopic (exact) mass is 409 g/mol. The number of nitrogens with one attached hydrogen (secondary N) is 1. The summed E-state index contributed by atoms with van der Waals surface area (Å²) in [4.78, 5) is 37.1. The fourth-order valence-electron chi connectivity index (χ4n) is 2.42. The van der Waals surface area contributed by atoms with E-state index in [1.54, 1.807) is 6.92 Å². The first-order valence-electron chi connectivity index (χ1n) is 8.66. The highest BCUT2D eigenvalue weighted by molar-refractivity contribution is 7.15. The molecule has 0 bridgehead atoms. The van der Waals surface area contributed by atoms with Crippen LogP contribution in [-0.2, 0) is 31.9 Å². The van der Waals surface area contributed by atoms with Crippen LogP contribution in [0, 0.1) is 5.92 Å². The van der Waals surface area contributed by atoms with E-state index in [2.05, 4.69) is 19.2 Å². The maximum atomic E-state index is 12.3. The molecule has 146 valence electrons. The zero-order valence-corrected chi connectivity index (χ0v) is 17.2. The molecule has 0 spiro atoms. The first-order valence-corrected chi connectivity index (χ1v) is 10.4. The van der Waals surface area contributed by atoms with E-state index < -0.39 is 24.5 Å². The van der Waals surface area contributed by atoms with Crippen molar-refractivity contribution in [2.75, 3.05) is 18.5 Å². The Kier molecular flexibility index (Phi) is 7.99. The largest absolute Gasteiger partial charge is 0.462 e. The van der Waals surface area contributed by atoms with Crippen LogP contribution in [0.15, 0.2) is 22.9 Å². The average Bonchev–Trinajstić information content (AvgIpc) is 3.23. The molecule has 2 rings (SSSR count). The van der Waals surface area contributed by atoms with E-state index in [0.29, 0.717) is 22.9 Å². The van der Waals surface area contributed by atoms with Crippen molar-refractivity contribution >= 4 is 45.5 Å². The quantitative estimate of drug-likeness (QED) is 0.635. The van der Waals surface area contributed by atoms with Crippen LogP contribution in [0.4, 0.5) is 5.00 Å². The Bertz CT molecular complexity index is 780. The molecule has 2 aromatic heterocycles.